The molecule has 0 radical (unpaired) electrons. The summed E-state index contributed by atoms with van der Waals surface area (Å²) in [7, 11) is 0. The molecule has 78 valence electrons. The first-order chi connectivity index (χ1) is 5.82. The lowest BCUT2D eigenvalue weighted by molar-refractivity contribution is -0.206. The molecule has 0 aromatic carbocycles. The molecule has 0 bridgehead atoms. The number of alkyl halides is 3. The van der Waals surface area contributed by atoms with Crippen LogP contribution < -0.4 is 0 Å². The summed E-state index contributed by atoms with van der Waals surface area (Å²) in [5.41, 5.74) is 0. The van der Waals surface area contributed by atoms with Gasteiger partial charge in [-0.25, -0.2) is 0 Å². The van der Waals surface area contributed by atoms with Gasteiger partial charge in [-0.15, -0.1) is 0 Å². The lowest BCUT2D eigenvalue weighted by Gasteiger charge is -2.14. The van der Waals surface area contributed by atoms with E-state index in [1.807, 2.05) is 0 Å². The molecule has 2 nitrogen and oxygen atoms in total. The van der Waals surface area contributed by atoms with E-state index < -0.39 is 18.4 Å². The first kappa shape index (κ1) is 10.8. The van der Waals surface area contributed by atoms with Crippen LogP contribution in [-0.2, 0) is 0 Å². The van der Waals surface area contributed by atoms with Crippen molar-refractivity contribution in [1.29, 1.82) is 0 Å². The van der Waals surface area contributed by atoms with Crippen LogP contribution in [0.25, 0.3) is 0 Å². The zero-order valence-electron chi connectivity index (χ0n) is 7.25. The Morgan fingerprint density at radius 3 is 2.23 bits per heavy atom. The molecule has 5 heteroatoms. The van der Waals surface area contributed by atoms with Crippen molar-refractivity contribution in [1.82, 2.24) is 0 Å². The standard InChI is InChI=1S/C8H13F3O2/c1-4(12)6-2-5(6)3-7(13)8(9,10)11/h4-7,12-13H,2-3H2,1H3/t4-,5?,6?,7-/m0/s1. The Balaban J connectivity index is 2.29. The Morgan fingerprint density at radius 2 is 1.92 bits per heavy atom. The van der Waals surface area contributed by atoms with Crippen molar-refractivity contribution in [2.75, 3.05) is 0 Å². The van der Waals surface area contributed by atoms with E-state index in [1.54, 1.807) is 6.92 Å². The van der Waals surface area contributed by atoms with Gasteiger partial charge in [0.2, 0.25) is 0 Å². The monoisotopic (exact) mass is 198 g/mol. The molecule has 1 rings (SSSR count). The first-order valence-electron chi connectivity index (χ1n) is 4.25. The summed E-state index contributed by atoms with van der Waals surface area (Å²) in [6.45, 7) is 1.56. The van der Waals surface area contributed by atoms with Crippen molar-refractivity contribution in [2.24, 2.45) is 11.8 Å². The molecule has 4 atom stereocenters. The lowest BCUT2D eigenvalue weighted by atomic mass is 10.1. The van der Waals surface area contributed by atoms with Gasteiger partial charge >= 0.3 is 6.18 Å². The molecule has 1 aliphatic carbocycles. The average Bonchev–Trinajstić information content (AvgIpc) is 2.64. The predicted octanol–water partition coefficient (Wildman–Crippen LogP) is 1.32. The van der Waals surface area contributed by atoms with Crippen LogP contribution in [0.3, 0.4) is 0 Å². The Kier molecular flexibility index (Phi) is 2.87. The Labute approximate surface area is 74.4 Å². The molecule has 0 aliphatic heterocycles. The molecular formula is C8H13F3O2. The van der Waals surface area contributed by atoms with Gasteiger partial charge in [-0.3, -0.25) is 0 Å². The van der Waals surface area contributed by atoms with Crippen molar-refractivity contribution >= 4 is 0 Å². The Hall–Kier alpha value is -0.290. The van der Waals surface area contributed by atoms with Crippen molar-refractivity contribution < 1.29 is 23.4 Å². The molecule has 0 heterocycles. The van der Waals surface area contributed by atoms with E-state index in [9.17, 15) is 13.2 Å². The van der Waals surface area contributed by atoms with Gasteiger partial charge in [-0.05, 0) is 31.6 Å². The van der Waals surface area contributed by atoms with E-state index in [0.29, 0.717) is 6.42 Å². The number of rotatable bonds is 3. The van der Waals surface area contributed by atoms with E-state index >= 15 is 0 Å². The van der Waals surface area contributed by atoms with Gasteiger partial charge in [-0.1, -0.05) is 0 Å². The average molecular weight is 198 g/mol. The highest BCUT2D eigenvalue weighted by atomic mass is 19.4. The maximum absolute atomic E-state index is 11.9. The number of aliphatic hydroxyl groups excluding tert-OH is 2. The van der Waals surface area contributed by atoms with Crippen molar-refractivity contribution in [3.05, 3.63) is 0 Å². The zero-order valence-corrected chi connectivity index (χ0v) is 7.25. The van der Waals surface area contributed by atoms with Crippen LogP contribution in [0.1, 0.15) is 19.8 Å². The molecule has 13 heavy (non-hydrogen) atoms. The molecule has 0 saturated heterocycles. The van der Waals surface area contributed by atoms with Gasteiger partial charge in [0.25, 0.3) is 0 Å². The van der Waals surface area contributed by atoms with Crippen LogP contribution in [0.15, 0.2) is 0 Å². The van der Waals surface area contributed by atoms with Gasteiger partial charge in [0.1, 0.15) is 6.10 Å². The topological polar surface area (TPSA) is 40.5 Å². The molecule has 2 N–H and O–H groups in total. The van der Waals surface area contributed by atoms with E-state index in [4.69, 9.17) is 10.2 Å². The summed E-state index contributed by atoms with van der Waals surface area (Å²) in [6.07, 6.45) is -7.01. The summed E-state index contributed by atoms with van der Waals surface area (Å²) >= 11 is 0. The molecule has 0 amide bonds. The minimum absolute atomic E-state index is 0.0583. The van der Waals surface area contributed by atoms with Gasteiger partial charge in [0, 0.05) is 0 Å². The van der Waals surface area contributed by atoms with E-state index in [0.717, 1.165) is 0 Å². The highest BCUT2D eigenvalue weighted by molar-refractivity contribution is 4.91. The number of halogens is 3. The summed E-state index contributed by atoms with van der Waals surface area (Å²) < 4.78 is 35.6. The van der Waals surface area contributed by atoms with Crippen molar-refractivity contribution in [3.63, 3.8) is 0 Å². The van der Waals surface area contributed by atoms with Gasteiger partial charge in [0.05, 0.1) is 6.10 Å². The quantitative estimate of drug-likeness (QED) is 0.718. The molecular weight excluding hydrogens is 185 g/mol. The van der Waals surface area contributed by atoms with E-state index in [-0.39, 0.29) is 18.3 Å². The lowest BCUT2D eigenvalue weighted by Crippen LogP contribution is -2.29. The van der Waals surface area contributed by atoms with Crippen LogP contribution in [0, 0.1) is 11.8 Å². The molecule has 1 aliphatic rings. The second kappa shape index (κ2) is 3.46. The van der Waals surface area contributed by atoms with Gasteiger partial charge in [0.15, 0.2) is 0 Å². The molecule has 0 spiro atoms. The summed E-state index contributed by atoms with van der Waals surface area (Å²) in [5.74, 6) is -0.228. The SMILES string of the molecule is C[C@H](O)C1CC1C[C@H](O)C(F)(F)F. The fourth-order valence-electron chi connectivity index (χ4n) is 1.55. The van der Waals surface area contributed by atoms with Crippen LogP contribution in [0.2, 0.25) is 0 Å². The number of hydrogen-bond acceptors (Lipinski definition) is 2. The number of aliphatic hydroxyl groups is 2. The third-order valence-corrected chi connectivity index (χ3v) is 2.50. The van der Waals surface area contributed by atoms with Crippen LogP contribution in [0.4, 0.5) is 13.2 Å². The van der Waals surface area contributed by atoms with Gasteiger partial charge < -0.3 is 10.2 Å². The molecule has 2 unspecified atom stereocenters. The van der Waals surface area contributed by atoms with Crippen LogP contribution in [-0.4, -0.2) is 28.6 Å². The fraction of sp³-hybridized carbons (Fsp3) is 1.00. The van der Waals surface area contributed by atoms with Crippen molar-refractivity contribution in [2.45, 2.75) is 38.1 Å². The second-order valence-electron chi connectivity index (χ2n) is 3.69. The summed E-state index contributed by atoms with van der Waals surface area (Å²) in [5, 5.41) is 17.7. The maximum Gasteiger partial charge on any atom is 0.414 e. The summed E-state index contributed by atoms with van der Waals surface area (Å²) in [6, 6.07) is 0. The molecule has 1 fully saturated rings. The minimum Gasteiger partial charge on any atom is -0.393 e. The first-order valence-corrected chi connectivity index (χ1v) is 4.25. The van der Waals surface area contributed by atoms with E-state index in [2.05, 4.69) is 0 Å². The normalized spacial score (nSPS) is 32.8. The second-order valence-corrected chi connectivity index (χ2v) is 3.69. The third kappa shape index (κ3) is 2.84. The molecule has 0 aromatic rings. The highest BCUT2D eigenvalue weighted by Crippen LogP contribution is 2.45. The van der Waals surface area contributed by atoms with Crippen LogP contribution >= 0.6 is 0 Å². The van der Waals surface area contributed by atoms with Gasteiger partial charge in [-0.2, -0.15) is 13.2 Å². The smallest absolute Gasteiger partial charge is 0.393 e. The Bertz CT molecular complexity index is 179. The zero-order chi connectivity index (χ0) is 10.2. The highest BCUT2D eigenvalue weighted by Gasteiger charge is 2.47. The maximum atomic E-state index is 11.9. The Morgan fingerprint density at radius 1 is 1.38 bits per heavy atom. The third-order valence-electron chi connectivity index (χ3n) is 2.50. The minimum atomic E-state index is -4.52. The predicted molar refractivity (Wildman–Crippen MR) is 40.0 cm³/mol. The van der Waals surface area contributed by atoms with Crippen molar-refractivity contribution in [3.8, 4) is 0 Å². The fourth-order valence-corrected chi connectivity index (χ4v) is 1.55. The van der Waals surface area contributed by atoms with Crippen LogP contribution in [0.5, 0.6) is 0 Å². The number of hydrogen-bond donors (Lipinski definition) is 2. The molecule has 1 saturated carbocycles. The molecule has 0 aromatic heterocycles. The van der Waals surface area contributed by atoms with E-state index in [1.165, 1.54) is 0 Å². The largest absolute Gasteiger partial charge is 0.414 e. The summed E-state index contributed by atoms with van der Waals surface area (Å²) in [4.78, 5) is 0.